The lowest BCUT2D eigenvalue weighted by Crippen LogP contribution is -2.09. The summed E-state index contributed by atoms with van der Waals surface area (Å²) in [5.74, 6) is -1.43. The van der Waals surface area contributed by atoms with Gasteiger partial charge in [0.1, 0.15) is 17.7 Å². The molecule has 4 nitrogen and oxygen atoms in total. The summed E-state index contributed by atoms with van der Waals surface area (Å²) in [4.78, 5) is 23.6. The lowest BCUT2D eigenvalue weighted by Gasteiger charge is -2.15. The molecule has 1 aliphatic rings. The van der Waals surface area contributed by atoms with Gasteiger partial charge in [0.05, 0.1) is 0 Å². The fourth-order valence-corrected chi connectivity index (χ4v) is 3.21. The highest BCUT2D eigenvalue weighted by atomic mass is 19.1. The molecule has 0 radical (unpaired) electrons. The predicted octanol–water partition coefficient (Wildman–Crippen LogP) is 5.08. The normalized spacial score (nSPS) is 14.9. The number of carbonyl (C=O) groups excluding carboxylic acids is 2. The molecular formula is C23H21FO4. The van der Waals surface area contributed by atoms with Crippen LogP contribution in [0.15, 0.2) is 60.7 Å². The first kappa shape index (κ1) is 19.5. The number of hydrogen-bond donors (Lipinski definition) is 0. The lowest BCUT2D eigenvalue weighted by atomic mass is 9.96. The van der Waals surface area contributed by atoms with E-state index in [0.29, 0.717) is 24.0 Å². The third kappa shape index (κ3) is 4.03. The third-order valence-corrected chi connectivity index (χ3v) is 4.55. The number of carbonyl (C=O) groups is 2. The average molecular weight is 380 g/mol. The molecule has 0 N–H and O–H groups in total. The summed E-state index contributed by atoms with van der Waals surface area (Å²) in [7, 11) is 0. The van der Waals surface area contributed by atoms with E-state index in [0.717, 1.165) is 22.8 Å². The smallest absolute Gasteiger partial charge is 0.338 e. The first-order valence-electron chi connectivity index (χ1n) is 8.93. The van der Waals surface area contributed by atoms with Crippen LogP contribution in [0.25, 0.3) is 11.1 Å². The van der Waals surface area contributed by atoms with Gasteiger partial charge in [0.25, 0.3) is 0 Å². The van der Waals surface area contributed by atoms with Crippen LogP contribution >= 0.6 is 0 Å². The van der Waals surface area contributed by atoms with E-state index in [1.165, 1.54) is 13.0 Å². The van der Waals surface area contributed by atoms with Crippen LogP contribution in [-0.2, 0) is 20.7 Å². The van der Waals surface area contributed by atoms with Crippen molar-refractivity contribution in [3.63, 3.8) is 0 Å². The van der Waals surface area contributed by atoms with Crippen molar-refractivity contribution in [2.24, 2.45) is 0 Å². The highest BCUT2D eigenvalue weighted by molar-refractivity contribution is 5.89. The maximum absolute atomic E-state index is 14.2. The minimum atomic E-state index is -0.610. The summed E-state index contributed by atoms with van der Waals surface area (Å²) in [5, 5.41) is 0. The van der Waals surface area contributed by atoms with E-state index >= 15 is 0 Å². The Bertz CT molecular complexity index is 990. The van der Waals surface area contributed by atoms with Crippen LogP contribution in [0, 0.1) is 5.82 Å². The van der Waals surface area contributed by atoms with E-state index < -0.39 is 17.8 Å². The third-order valence-electron chi connectivity index (χ3n) is 4.55. The second kappa shape index (κ2) is 7.80. The Labute approximate surface area is 163 Å². The Morgan fingerprint density at radius 2 is 1.79 bits per heavy atom. The number of esters is 2. The molecule has 3 rings (SSSR count). The number of benzene rings is 2. The molecule has 0 heterocycles. The minimum Gasteiger partial charge on any atom is -0.454 e. The number of halogens is 1. The fourth-order valence-electron chi connectivity index (χ4n) is 3.21. The zero-order valence-corrected chi connectivity index (χ0v) is 15.9. The SMILES string of the molecule is C=C(C)C(=O)Oc1cc(F)cc(-c2cccc3c2CCC3OC(=O)C(=C)C)c1. The second-order valence-corrected chi connectivity index (χ2v) is 6.93. The molecule has 2 aromatic carbocycles. The van der Waals surface area contributed by atoms with E-state index in [9.17, 15) is 14.0 Å². The Kier molecular flexibility index (Phi) is 5.45. The van der Waals surface area contributed by atoms with Crippen molar-refractivity contribution in [2.45, 2.75) is 32.8 Å². The number of ether oxygens (including phenoxy) is 2. The van der Waals surface area contributed by atoms with E-state index in [1.54, 1.807) is 13.0 Å². The van der Waals surface area contributed by atoms with Crippen LogP contribution in [0.1, 0.15) is 37.5 Å². The van der Waals surface area contributed by atoms with Gasteiger partial charge in [-0.1, -0.05) is 31.4 Å². The van der Waals surface area contributed by atoms with Gasteiger partial charge in [-0.25, -0.2) is 14.0 Å². The summed E-state index contributed by atoms with van der Waals surface area (Å²) < 4.78 is 24.9. The molecule has 0 fully saturated rings. The molecule has 0 amide bonds. The molecule has 0 saturated carbocycles. The van der Waals surface area contributed by atoms with E-state index in [1.807, 2.05) is 18.2 Å². The average Bonchev–Trinajstić information content (AvgIpc) is 3.04. The number of rotatable bonds is 5. The van der Waals surface area contributed by atoms with Gasteiger partial charge in [-0.15, -0.1) is 0 Å². The fraction of sp³-hybridized carbons (Fsp3) is 0.217. The van der Waals surface area contributed by atoms with Gasteiger partial charge in [-0.05, 0) is 61.1 Å². The van der Waals surface area contributed by atoms with Crippen LogP contribution in [-0.4, -0.2) is 11.9 Å². The molecule has 0 spiro atoms. The van der Waals surface area contributed by atoms with Crippen LogP contribution in [0.3, 0.4) is 0 Å². The predicted molar refractivity (Wildman–Crippen MR) is 104 cm³/mol. The zero-order valence-electron chi connectivity index (χ0n) is 15.9. The second-order valence-electron chi connectivity index (χ2n) is 6.93. The van der Waals surface area contributed by atoms with Gasteiger partial charge in [0.2, 0.25) is 0 Å². The molecule has 28 heavy (non-hydrogen) atoms. The van der Waals surface area contributed by atoms with Crippen molar-refractivity contribution in [1.82, 2.24) is 0 Å². The quantitative estimate of drug-likeness (QED) is 0.412. The molecule has 1 unspecified atom stereocenters. The zero-order chi connectivity index (χ0) is 20.4. The van der Waals surface area contributed by atoms with Crippen molar-refractivity contribution >= 4 is 11.9 Å². The molecule has 144 valence electrons. The van der Waals surface area contributed by atoms with Gasteiger partial charge < -0.3 is 9.47 Å². The summed E-state index contributed by atoms with van der Waals surface area (Å²) in [6.07, 6.45) is 0.989. The maximum atomic E-state index is 14.2. The van der Waals surface area contributed by atoms with Gasteiger partial charge in [0.15, 0.2) is 0 Å². The number of hydrogen-bond acceptors (Lipinski definition) is 4. The standard InChI is InChI=1S/C23H21FO4/c1-13(2)22(25)27-17-11-15(10-16(24)12-17)18-6-5-7-20-19(18)8-9-21(20)28-23(26)14(3)4/h5-7,10-12,21H,1,3,8-9H2,2,4H3. The molecule has 1 atom stereocenters. The van der Waals surface area contributed by atoms with Crippen molar-refractivity contribution in [3.05, 3.63) is 77.6 Å². The van der Waals surface area contributed by atoms with Gasteiger partial charge >= 0.3 is 11.9 Å². The summed E-state index contributed by atoms with van der Waals surface area (Å²) >= 11 is 0. The van der Waals surface area contributed by atoms with Crippen molar-refractivity contribution in [1.29, 1.82) is 0 Å². The molecule has 1 aliphatic carbocycles. The Morgan fingerprint density at radius 3 is 2.46 bits per heavy atom. The Hall–Kier alpha value is -3.21. The molecular weight excluding hydrogens is 359 g/mol. The highest BCUT2D eigenvalue weighted by Crippen LogP contribution is 2.40. The monoisotopic (exact) mass is 380 g/mol. The first-order chi connectivity index (χ1) is 13.3. The largest absolute Gasteiger partial charge is 0.454 e. The Balaban J connectivity index is 1.96. The van der Waals surface area contributed by atoms with Gasteiger partial charge in [0, 0.05) is 17.2 Å². The summed E-state index contributed by atoms with van der Waals surface area (Å²) in [5.41, 5.74) is 3.88. The van der Waals surface area contributed by atoms with Crippen LogP contribution < -0.4 is 4.74 Å². The Morgan fingerprint density at radius 1 is 1.07 bits per heavy atom. The van der Waals surface area contributed by atoms with Gasteiger partial charge in [-0.2, -0.15) is 0 Å². The van der Waals surface area contributed by atoms with E-state index in [4.69, 9.17) is 9.47 Å². The van der Waals surface area contributed by atoms with Crippen LogP contribution in [0.5, 0.6) is 5.75 Å². The molecule has 2 aromatic rings. The van der Waals surface area contributed by atoms with Crippen molar-refractivity contribution < 1.29 is 23.5 Å². The van der Waals surface area contributed by atoms with E-state index in [-0.39, 0.29) is 17.4 Å². The maximum Gasteiger partial charge on any atom is 0.338 e. The first-order valence-corrected chi connectivity index (χ1v) is 8.93. The summed E-state index contributed by atoms with van der Waals surface area (Å²) in [6, 6.07) is 9.79. The molecule has 0 saturated heterocycles. The van der Waals surface area contributed by atoms with Gasteiger partial charge in [-0.3, -0.25) is 0 Å². The van der Waals surface area contributed by atoms with Crippen LogP contribution in [0.2, 0.25) is 0 Å². The lowest BCUT2D eigenvalue weighted by molar-refractivity contribution is -0.144. The molecule has 0 aliphatic heterocycles. The molecule has 0 aromatic heterocycles. The summed E-state index contributed by atoms with van der Waals surface area (Å²) in [6.45, 7) is 10.3. The van der Waals surface area contributed by atoms with E-state index in [2.05, 4.69) is 13.2 Å². The minimum absolute atomic E-state index is 0.115. The molecule has 5 heteroatoms. The van der Waals surface area contributed by atoms with Crippen molar-refractivity contribution in [2.75, 3.05) is 0 Å². The molecule has 0 bridgehead atoms. The van der Waals surface area contributed by atoms with Crippen LogP contribution in [0.4, 0.5) is 4.39 Å². The van der Waals surface area contributed by atoms with Crippen molar-refractivity contribution in [3.8, 4) is 16.9 Å². The topological polar surface area (TPSA) is 52.6 Å². The highest BCUT2D eigenvalue weighted by Gasteiger charge is 2.28. The number of fused-ring (bicyclic) bond motifs is 1.